The largest absolute Gasteiger partial charge is 0.444 e. The third kappa shape index (κ3) is 3.06. The number of ether oxygens (including phenoxy) is 1. The van der Waals surface area contributed by atoms with Crippen molar-refractivity contribution in [1.29, 1.82) is 0 Å². The van der Waals surface area contributed by atoms with Crippen molar-refractivity contribution in [2.75, 3.05) is 19.6 Å². The van der Waals surface area contributed by atoms with Gasteiger partial charge in [0.1, 0.15) is 17.1 Å². The van der Waals surface area contributed by atoms with E-state index in [-0.39, 0.29) is 35.5 Å². The van der Waals surface area contributed by atoms with Gasteiger partial charge < -0.3 is 19.1 Å². The third-order valence-electron chi connectivity index (χ3n) is 6.81. The van der Waals surface area contributed by atoms with Crippen LogP contribution >= 0.6 is 0 Å². The second kappa shape index (κ2) is 6.10. The number of hydrogen-bond acceptors (Lipinski definition) is 6. The maximum absolute atomic E-state index is 12.5. The van der Waals surface area contributed by atoms with Gasteiger partial charge in [-0.05, 0) is 51.9 Å². The molecule has 0 aromatic carbocycles. The molecule has 9 nitrogen and oxygen atoms in total. The van der Waals surface area contributed by atoms with E-state index in [2.05, 4.69) is 5.16 Å². The summed E-state index contributed by atoms with van der Waals surface area (Å²) in [6.07, 6.45) is 3.35. The van der Waals surface area contributed by atoms with Crippen LogP contribution < -0.4 is 0 Å². The summed E-state index contributed by atoms with van der Waals surface area (Å²) in [5.74, 6) is 0.809. The molecule has 1 spiro atoms. The lowest BCUT2D eigenvalue weighted by atomic mass is 9.84. The number of nitrogens with zero attached hydrogens (tertiary/aromatic N) is 4. The highest BCUT2D eigenvalue weighted by Gasteiger charge is 2.63. The van der Waals surface area contributed by atoms with Crippen LogP contribution in [0, 0.1) is 5.41 Å². The predicted molar refractivity (Wildman–Crippen MR) is 100 cm³/mol. The van der Waals surface area contributed by atoms with Crippen molar-refractivity contribution < 1.29 is 24.1 Å². The summed E-state index contributed by atoms with van der Waals surface area (Å²) in [5, 5.41) is 15.4. The molecule has 9 heteroatoms. The number of rotatable bonds is 2. The molecule has 3 aliphatic heterocycles. The summed E-state index contributed by atoms with van der Waals surface area (Å²) >= 11 is 0. The number of aromatic nitrogens is 1. The van der Waals surface area contributed by atoms with Gasteiger partial charge in [0.25, 0.3) is 0 Å². The van der Waals surface area contributed by atoms with Gasteiger partial charge in [0.05, 0.1) is 12.1 Å². The van der Waals surface area contributed by atoms with E-state index >= 15 is 0 Å². The van der Waals surface area contributed by atoms with Crippen LogP contribution in [0.1, 0.15) is 69.9 Å². The zero-order valence-electron chi connectivity index (χ0n) is 17.1. The van der Waals surface area contributed by atoms with Crippen LogP contribution in [-0.2, 0) is 4.74 Å². The molecule has 3 amide bonds. The van der Waals surface area contributed by atoms with Crippen LogP contribution in [0.2, 0.25) is 0 Å². The van der Waals surface area contributed by atoms with E-state index in [0.29, 0.717) is 19.6 Å². The molecule has 1 aliphatic carbocycles. The number of hydrogen-bond donors (Lipinski definition) is 1. The quantitative estimate of drug-likeness (QED) is 0.761. The first kappa shape index (κ1) is 18.7. The monoisotopic (exact) mass is 404 g/mol. The number of carbonyl (C=O) groups is 2. The Balaban J connectivity index is 1.29. The van der Waals surface area contributed by atoms with Crippen molar-refractivity contribution in [2.45, 2.75) is 70.1 Å². The van der Waals surface area contributed by atoms with Gasteiger partial charge in [0, 0.05) is 31.6 Å². The van der Waals surface area contributed by atoms with E-state index in [1.165, 1.54) is 0 Å². The highest BCUT2D eigenvalue weighted by Crippen LogP contribution is 2.61. The molecule has 158 valence electrons. The first-order chi connectivity index (χ1) is 13.7. The van der Waals surface area contributed by atoms with E-state index in [4.69, 9.17) is 9.26 Å². The standard InChI is InChI=1S/C20H28N4O5/c1-19(2,3)28-18(26)22-7-4-12(10-22)15-8-13(21-29-15)14-9-20(5-6-20)16-11-23(14)17(25)24(16)27/h8,12,14,16,27H,4-7,9-11H2,1-3H3/t12?,14-,16+/m0/s1. The Bertz CT molecular complexity index is 842. The van der Waals surface area contributed by atoms with E-state index in [9.17, 15) is 14.8 Å². The highest BCUT2D eigenvalue weighted by molar-refractivity contribution is 5.77. The van der Waals surface area contributed by atoms with Crippen LogP contribution in [0.5, 0.6) is 0 Å². The third-order valence-corrected chi connectivity index (χ3v) is 6.81. The van der Waals surface area contributed by atoms with Gasteiger partial charge in [0.2, 0.25) is 0 Å². The molecule has 1 unspecified atom stereocenters. The smallest absolute Gasteiger partial charge is 0.410 e. The number of urea groups is 1. The minimum atomic E-state index is -0.519. The summed E-state index contributed by atoms with van der Waals surface area (Å²) in [6.45, 7) is 7.26. The molecule has 3 saturated heterocycles. The number of hydroxylamine groups is 2. The van der Waals surface area contributed by atoms with Crippen molar-refractivity contribution in [3.63, 3.8) is 0 Å². The van der Waals surface area contributed by atoms with Crippen molar-refractivity contribution >= 4 is 12.1 Å². The average molecular weight is 404 g/mol. The molecule has 4 heterocycles. The number of fused-ring (bicyclic) bond motifs is 3. The summed E-state index contributed by atoms with van der Waals surface area (Å²) < 4.78 is 11.1. The fourth-order valence-corrected chi connectivity index (χ4v) is 5.05. The molecular formula is C20H28N4O5. The Morgan fingerprint density at radius 3 is 2.79 bits per heavy atom. The maximum Gasteiger partial charge on any atom is 0.410 e. The Labute approximate surface area is 169 Å². The number of piperidine rings is 1. The van der Waals surface area contributed by atoms with Crippen LogP contribution in [0.4, 0.5) is 9.59 Å². The van der Waals surface area contributed by atoms with Gasteiger partial charge in [-0.15, -0.1) is 0 Å². The number of amides is 3. The van der Waals surface area contributed by atoms with E-state index in [1.54, 1.807) is 9.80 Å². The lowest BCUT2D eigenvalue weighted by Crippen LogP contribution is -2.41. The minimum absolute atomic E-state index is 0.0159. The van der Waals surface area contributed by atoms with Crippen molar-refractivity contribution in [3.05, 3.63) is 17.5 Å². The lowest BCUT2D eigenvalue weighted by Gasteiger charge is -2.35. The maximum atomic E-state index is 12.5. The second-order valence-electron chi connectivity index (χ2n) is 9.94. The molecule has 5 rings (SSSR count). The SMILES string of the molecule is CC(C)(C)OC(=O)N1CCC(c2cc([C@@H]3CC4(CC4)[C@H]4CN3C(=O)N4O)no2)C1. The molecule has 3 atom stereocenters. The lowest BCUT2D eigenvalue weighted by molar-refractivity contribution is -0.0782. The summed E-state index contributed by atoms with van der Waals surface area (Å²) in [5.41, 5.74) is 0.237. The second-order valence-corrected chi connectivity index (χ2v) is 9.94. The Kier molecular flexibility index (Phi) is 3.94. The van der Waals surface area contributed by atoms with E-state index in [1.807, 2.05) is 26.8 Å². The van der Waals surface area contributed by atoms with Gasteiger partial charge in [-0.2, -0.15) is 0 Å². The van der Waals surface area contributed by atoms with E-state index in [0.717, 1.165) is 42.2 Å². The average Bonchev–Trinajstić information content (AvgIpc) is 3.05. The summed E-state index contributed by atoms with van der Waals surface area (Å²) in [6, 6.07) is 1.32. The number of carbonyl (C=O) groups excluding carboxylic acids is 2. The van der Waals surface area contributed by atoms with Crippen molar-refractivity contribution in [3.8, 4) is 0 Å². The topological polar surface area (TPSA) is 99.4 Å². The van der Waals surface area contributed by atoms with Crippen LogP contribution in [0.15, 0.2) is 10.6 Å². The highest BCUT2D eigenvalue weighted by atomic mass is 16.6. The predicted octanol–water partition coefficient (Wildman–Crippen LogP) is 3.12. The van der Waals surface area contributed by atoms with Crippen molar-refractivity contribution in [2.24, 2.45) is 5.41 Å². The Morgan fingerprint density at radius 2 is 2.10 bits per heavy atom. The van der Waals surface area contributed by atoms with Crippen LogP contribution in [0.25, 0.3) is 0 Å². The molecule has 0 radical (unpaired) electrons. The molecule has 1 aromatic heterocycles. The van der Waals surface area contributed by atoms with Gasteiger partial charge >= 0.3 is 12.1 Å². The van der Waals surface area contributed by atoms with E-state index < -0.39 is 5.60 Å². The molecule has 4 aliphatic rings. The molecule has 1 saturated carbocycles. The van der Waals surface area contributed by atoms with Crippen LogP contribution in [0.3, 0.4) is 0 Å². The zero-order chi connectivity index (χ0) is 20.6. The molecule has 29 heavy (non-hydrogen) atoms. The zero-order valence-corrected chi connectivity index (χ0v) is 17.1. The van der Waals surface area contributed by atoms with Gasteiger partial charge in [-0.3, -0.25) is 5.21 Å². The Hall–Kier alpha value is -2.29. The fraction of sp³-hybridized carbons (Fsp3) is 0.750. The fourth-order valence-electron chi connectivity index (χ4n) is 5.05. The summed E-state index contributed by atoms with van der Waals surface area (Å²) in [4.78, 5) is 28.2. The first-order valence-electron chi connectivity index (χ1n) is 10.4. The number of likely N-dealkylation sites (tertiary alicyclic amines) is 1. The first-order valence-corrected chi connectivity index (χ1v) is 10.4. The van der Waals surface area contributed by atoms with Gasteiger partial charge in [-0.1, -0.05) is 5.16 Å². The Morgan fingerprint density at radius 1 is 1.34 bits per heavy atom. The molecule has 1 aromatic rings. The molecule has 1 N–H and O–H groups in total. The van der Waals surface area contributed by atoms with Gasteiger partial charge in [-0.25, -0.2) is 14.7 Å². The van der Waals surface area contributed by atoms with Crippen molar-refractivity contribution in [1.82, 2.24) is 20.0 Å². The molecular weight excluding hydrogens is 376 g/mol. The minimum Gasteiger partial charge on any atom is -0.444 e. The normalized spacial score (nSPS) is 30.4. The molecule has 2 bridgehead atoms. The molecule has 4 fully saturated rings. The van der Waals surface area contributed by atoms with Crippen LogP contribution in [-0.4, -0.2) is 68.6 Å². The van der Waals surface area contributed by atoms with Gasteiger partial charge in [0.15, 0.2) is 0 Å². The summed E-state index contributed by atoms with van der Waals surface area (Å²) in [7, 11) is 0.